The van der Waals surface area contributed by atoms with Crippen molar-refractivity contribution < 1.29 is 24.2 Å². The fourth-order valence-electron chi connectivity index (χ4n) is 0.164. The van der Waals surface area contributed by atoms with Gasteiger partial charge in [-0.05, 0) is 0 Å². The van der Waals surface area contributed by atoms with Gasteiger partial charge in [0.15, 0.2) is 0 Å². The van der Waals surface area contributed by atoms with Crippen LogP contribution in [0.4, 0.5) is 4.79 Å². The fourth-order valence-corrected chi connectivity index (χ4v) is 0.164. The quantitative estimate of drug-likeness (QED) is 0.507. The minimum atomic E-state index is -0.833. The number of carboxylic acids is 1. The van der Waals surface area contributed by atoms with E-state index < -0.39 is 12.1 Å². The Morgan fingerprint density at radius 2 is 1.50 bits per heavy atom. The van der Waals surface area contributed by atoms with E-state index in [1.807, 2.05) is 0 Å². The Kier molecular flexibility index (Phi) is 9.88. The molecule has 0 fully saturated rings. The van der Waals surface area contributed by atoms with Gasteiger partial charge in [0, 0.05) is 6.92 Å². The summed E-state index contributed by atoms with van der Waals surface area (Å²) in [5.41, 5.74) is 0. The van der Waals surface area contributed by atoms with Crippen LogP contribution in [0.2, 0.25) is 0 Å². The highest BCUT2D eigenvalue weighted by Crippen LogP contribution is 1.83. The van der Waals surface area contributed by atoms with Crippen LogP contribution in [0.3, 0.4) is 0 Å². The van der Waals surface area contributed by atoms with Crippen molar-refractivity contribution in [3.8, 4) is 0 Å². The monoisotopic (exact) mass is 174 g/mol. The summed E-state index contributed by atoms with van der Waals surface area (Å²) < 4.78 is 8.23. The maximum atomic E-state index is 10.1. The average Bonchev–Trinajstić information content (AvgIpc) is 1.87. The molecular weight excluding hydrogens is 164 g/mol. The highest BCUT2D eigenvalue weighted by Gasteiger charge is 1.93. The number of hydrogen-bond donors (Lipinski definition) is 1. The van der Waals surface area contributed by atoms with E-state index in [4.69, 9.17) is 9.90 Å². The Labute approximate surface area is 69.9 Å². The van der Waals surface area contributed by atoms with E-state index in [0.29, 0.717) is 0 Å². The van der Waals surface area contributed by atoms with E-state index in [1.54, 1.807) is 0 Å². The molecule has 0 aliphatic heterocycles. The van der Waals surface area contributed by atoms with Gasteiger partial charge in [-0.15, -0.1) is 0 Å². The van der Waals surface area contributed by atoms with Crippen molar-refractivity contribution in [1.82, 2.24) is 0 Å². The van der Waals surface area contributed by atoms with Crippen LogP contribution in [0.25, 0.3) is 0 Å². The van der Waals surface area contributed by atoms with E-state index in [9.17, 15) is 4.79 Å². The molecule has 68 valence electrons. The molecule has 0 amide bonds. The molecule has 0 rings (SSSR count). The van der Waals surface area contributed by atoms with Crippen LogP contribution >= 0.6 is 0 Å². The van der Waals surface area contributed by atoms with E-state index in [-0.39, 0.29) is 0 Å². The Bertz CT molecular complexity index is 157. The van der Waals surface area contributed by atoms with Gasteiger partial charge in [-0.3, -0.25) is 4.79 Å². The molecule has 0 unspecified atom stereocenters. The van der Waals surface area contributed by atoms with Crippen molar-refractivity contribution in [1.29, 1.82) is 0 Å². The van der Waals surface area contributed by atoms with E-state index >= 15 is 0 Å². The number of carbonyl (C=O) groups excluding carboxylic acids is 1. The van der Waals surface area contributed by atoms with Gasteiger partial charge in [0.05, 0.1) is 12.5 Å². The smallest absolute Gasteiger partial charge is 0.481 e. The Morgan fingerprint density at radius 3 is 1.67 bits per heavy atom. The SMILES string of the molecule is C=COC(=O)OC=C.CC(=O)O. The van der Waals surface area contributed by atoms with Crippen LogP contribution in [0.5, 0.6) is 0 Å². The summed E-state index contributed by atoms with van der Waals surface area (Å²) in [6.45, 7) is 7.33. The lowest BCUT2D eigenvalue weighted by atomic mass is 10.9. The second-order valence-corrected chi connectivity index (χ2v) is 1.34. The molecule has 0 spiro atoms. The lowest BCUT2D eigenvalue weighted by molar-refractivity contribution is -0.134. The standard InChI is InChI=1S/C5H6O3.C2H4O2/c1-3-7-5(6)8-4-2;1-2(3)4/h3-4H,1-2H2;1H3,(H,3,4). The third kappa shape index (κ3) is 24.1. The third-order valence-electron chi connectivity index (χ3n) is 0.359. The van der Waals surface area contributed by atoms with Gasteiger partial charge in [-0.2, -0.15) is 0 Å². The van der Waals surface area contributed by atoms with Crippen molar-refractivity contribution in [3.63, 3.8) is 0 Å². The van der Waals surface area contributed by atoms with Crippen molar-refractivity contribution >= 4 is 12.1 Å². The second-order valence-electron chi connectivity index (χ2n) is 1.34. The molecule has 0 radical (unpaired) electrons. The van der Waals surface area contributed by atoms with Crippen LogP contribution in [0.1, 0.15) is 6.92 Å². The Balaban J connectivity index is 0. The summed E-state index contributed by atoms with van der Waals surface area (Å²) in [7, 11) is 0. The molecule has 0 atom stereocenters. The molecule has 0 saturated carbocycles. The topological polar surface area (TPSA) is 72.8 Å². The van der Waals surface area contributed by atoms with Crippen LogP contribution in [-0.2, 0) is 14.3 Å². The van der Waals surface area contributed by atoms with Gasteiger partial charge in [-0.25, -0.2) is 4.79 Å². The molecule has 0 aromatic carbocycles. The van der Waals surface area contributed by atoms with Crippen molar-refractivity contribution in [2.24, 2.45) is 0 Å². The van der Waals surface area contributed by atoms with Crippen molar-refractivity contribution in [3.05, 3.63) is 25.7 Å². The first-order chi connectivity index (χ1) is 5.54. The molecule has 12 heavy (non-hydrogen) atoms. The molecule has 5 heteroatoms. The summed E-state index contributed by atoms with van der Waals surface area (Å²) >= 11 is 0. The third-order valence-corrected chi connectivity index (χ3v) is 0.359. The molecular formula is C7H10O5. The van der Waals surface area contributed by atoms with Gasteiger partial charge in [-0.1, -0.05) is 13.2 Å². The summed E-state index contributed by atoms with van der Waals surface area (Å²) in [5.74, 6) is -0.833. The lowest BCUT2D eigenvalue weighted by Gasteiger charge is -1.91. The molecule has 0 saturated heterocycles. The highest BCUT2D eigenvalue weighted by molar-refractivity contribution is 5.63. The summed E-state index contributed by atoms with van der Waals surface area (Å²) in [6.07, 6.45) is 1.13. The van der Waals surface area contributed by atoms with Crippen LogP contribution in [0, 0.1) is 0 Å². The van der Waals surface area contributed by atoms with Crippen LogP contribution in [-0.4, -0.2) is 17.2 Å². The fraction of sp³-hybridized carbons (Fsp3) is 0.143. The summed E-state index contributed by atoms with van der Waals surface area (Å²) in [6, 6.07) is 0. The molecule has 0 aromatic heterocycles. The zero-order chi connectivity index (χ0) is 9.98. The van der Waals surface area contributed by atoms with Crippen molar-refractivity contribution in [2.75, 3.05) is 0 Å². The van der Waals surface area contributed by atoms with Gasteiger partial charge >= 0.3 is 6.16 Å². The Morgan fingerprint density at radius 1 is 1.25 bits per heavy atom. The minimum Gasteiger partial charge on any atom is -0.481 e. The molecule has 1 N–H and O–H groups in total. The summed E-state index contributed by atoms with van der Waals surface area (Å²) in [4.78, 5) is 19.1. The minimum absolute atomic E-state index is 0.824. The number of aliphatic carboxylic acids is 1. The lowest BCUT2D eigenvalue weighted by Crippen LogP contribution is -1.96. The molecule has 0 bridgehead atoms. The first kappa shape index (κ1) is 12.9. The number of hydrogen-bond acceptors (Lipinski definition) is 4. The van der Waals surface area contributed by atoms with Gasteiger partial charge in [0.1, 0.15) is 0 Å². The number of rotatable bonds is 2. The first-order valence-corrected chi connectivity index (χ1v) is 2.83. The number of ether oxygens (including phenoxy) is 2. The maximum Gasteiger partial charge on any atom is 0.518 e. The van der Waals surface area contributed by atoms with E-state index in [0.717, 1.165) is 19.4 Å². The predicted molar refractivity (Wildman–Crippen MR) is 41.3 cm³/mol. The van der Waals surface area contributed by atoms with Crippen molar-refractivity contribution in [2.45, 2.75) is 6.92 Å². The molecule has 0 aliphatic rings. The molecule has 5 nitrogen and oxygen atoms in total. The zero-order valence-corrected chi connectivity index (χ0v) is 6.65. The number of carbonyl (C=O) groups is 2. The normalized spacial score (nSPS) is 6.75. The highest BCUT2D eigenvalue weighted by atomic mass is 16.7. The zero-order valence-electron chi connectivity index (χ0n) is 6.65. The van der Waals surface area contributed by atoms with Gasteiger partial charge in [0.2, 0.25) is 0 Å². The van der Waals surface area contributed by atoms with Gasteiger partial charge < -0.3 is 14.6 Å². The van der Waals surface area contributed by atoms with Crippen LogP contribution < -0.4 is 0 Å². The first-order valence-electron chi connectivity index (χ1n) is 2.83. The van der Waals surface area contributed by atoms with E-state index in [1.165, 1.54) is 0 Å². The van der Waals surface area contributed by atoms with Crippen LogP contribution in [0.15, 0.2) is 25.7 Å². The summed E-state index contributed by atoms with van der Waals surface area (Å²) in [5, 5.41) is 7.42. The maximum absolute atomic E-state index is 10.1. The largest absolute Gasteiger partial charge is 0.518 e. The molecule has 0 aromatic rings. The Hall–Kier alpha value is -1.78. The second kappa shape index (κ2) is 9.22. The van der Waals surface area contributed by atoms with E-state index in [2.05, 4.69) is 22.6 Å². The predicted octanol–water partition coefficient (Wildman–Crippen LogP) is 1.52. The average molecular weight is 174 g/mol. The number of carboxylic acid groups (broad SMARTS) is 1. The molecule has 0 heterocycles. The van der Waals surface area contributed by atoms with Gasteiger partial charge in [0.25, 0.3) is 5.97 Å². The molecule has 0 aliphatic carbocycles.